The number of hydrogen-bond donors (Lipinski definition) is 0. The van der Waals surface area contributed by atoms with Crippen LogP contribution in [-0.2, 0) is 0 Å². The molecule has 0 N–H and O–H groups in total. The predicted molar refractivity (Wildman–Crippen MR) is 79.5 cm³/mol. The quantitative estimate of drug-likeness (QED) is 0.820. The molecule has 1 aliphatic heterocycles. The second-order valence-corrected chi connectivity index (χ2v) is 5.02. The lowest BCUT2D eigenvalue weighted by molar-refractivity contribution is 0.973. The van der Waals surface area contributed by atoms with Crippen molar-refractivity contribution in [3.05, 3.63) is 71.5 Å². The molecule has 0 amide bonds. The Balaban J connectivity index is 1.81. The molecule has 0 aromatic heterocycles. The molecule has 0 spiro atoms. The Morgan fingerprint density at radius 1 is 0.778 bits per heavy atom. The summed E-state index contributed by atoms with van der Waals surface area (Å²) in [7, 11) is 0. The van der Waals surface area contributed by atoms with Crippen molar-refractivity contribution in [1.82, 2.24) is 0 Å². The van der Waals surface area contributed by atoms with Gasteiger partial charge < -0.3 is 9.80 Å². The van der Waals surface area contributed by atoms with Crippen molar-refractivity contribution in [2.75, 3.05) is 16.5 Å². The zero-order valence-electron chi connectivity index (χ0n) is 9.83. The molecule has 0 aliphatic carbocycles. The van der Waals surface area contributed by atoms with Gasteiger partial charge in [-0.3, -0.25) is 0 Å². The first-order chi connectivity index (χ1) is 8.84. The van der Waals surface area contributed by atoms with Crippen molar-refractivity contribution < 1.29 is 0 Å². The van der Waals surface area contributed by atoms with Crippen molar-refractivity contribution >= 4 is 27.3 Å². The lowest BCUT2D eigenvalue weighted by Gasteiger charge is -2.22. The summed E-state index contributed by atoms with van der Waals surface area (Å²) < 4.78 is 1.12. The number of halogens is 1. The van der Waals surface area contributed by atoms with E-state index in [2.05, 4.69) is 80.6 Å². The van der Waals surface area contributed by atoms with E-state index in [-0.39, 0.29) is 0 Å². The molecule has 0 unspecified atom stereocenters. The summed E-state index contributed by atoms with van der Waals surface area (Å²) in [5, 5.41) is 0. The Morgan fingerprint density at radius 2 is 1.44 bits per heavy atom. The largest absolute Gasteiger partial charge is 0.328 e. The summed E-state index contributed by atoms with van der Waals surface area (Å²) >= 11 is 3.59. The third kappa shape index (κ3) is 2.14. The summed E-state index contributed by atoms with van der Waals surface area (Å²) in [5.41, 5.74) is 2.40. The maximum atomic E-state index is 3.59. The van der Waals surface area contributed by atoms with Gasteiger partial charge in [0, 0.05) is 22.6 Å². The molecule has 90 valence electrons. The Kier molecular flexibility index (Phi) is 3.07. The molecule has 1 aliphatic rings. The van der Waals surface area contributed by atoms with Gasteiger partial charge in [-0.15, -0.1) is 0 Å². The maximum absolute atomic E-state index is 3.59. The van der Waals surface area contributed by atoms with Gasteiger partial charge in [0.25, 0.3) is 0 Å². The second kappa shape index (κ2) is 4.86. The van der Waals surface area contributed by atoms with Gasteiger partial charge in [-0.2, -0.15) is 0 Å². The average Bonchev–Trinajstić information content (AvgIpc) is 2.90. The first-order valence-corrected chi connectivity index (χ1v) is 6.65. The normalized spacial score (nSPS) is 14.3. The van der Waals surface area contributed by atoms with Crippen LogP contribution in [0.15, 0.2) is 71.5 Å². The second-order valence-electron chi connectivity index (χ2n) is 4.17. The monoisotopic (exact) mass is 300 g/mol. The van der Waals surface area contributed by atoms with Crippen molar-refractivity contribution in [2.24, 2.45) is 0 Å². The topological polar surface area (TPSA) is 6.48 Å². The number of nitrogens with zero attached hydrogens (tertiary/aromatic N) is 2. The van der Waals surface area contributed by atoms with Crippen LogP contribution in [0.4, 0.5) is 11.4 Å². The highest BCUT2D eigenvalue weighted by Crippen LogP contribution is 2.29. The molecule has 2 nitrogen and oxygen atoms in total. The Labute approximate surface area is 115 Å². The van der Waals surface area contributed by atoms with Crippen molar-refractivity contribution in [3.8, 4) is 0 Å². The third-order valence-electron chi connectivity index (χ3n) is 2.98. The van der Waals surface area contributed by atoms with E-state index in [1.807, 2.05) is 12.1 Å². The maximum Gasteiger partial charge on any atom is 0.0989 e. The summed E-state index contributed by atoms with van der Waals surface area (Å²) in [6, 6.07) is 18.7. The summed E-state index contributed by atoms with van der Waals surface area (Å²) in [5.74, 6) is 0. The Morgan fingerprint density at radius 3 is 2.22 bits per heavy atom. The van der Waals surface area contributed by atoms with Crippen molar-refractivity contribution in [2.45, 2.75) is 0 Å². The van der Waals surface area contributed by atoms with Gasteiger partial charge in [0.05, 0.1) is 12.4 Å². The highest BCUT2D eigenvalue weighted by molar-refractivity contribution is 9.10. The SMILES string of the molecule is Brc1ccccc1N1C=CN(c2ccccc2)C1. The standard InChI is InChI=1S/C15H13BrN2/c16-14-8-4-5-9-15(14)18-11-10-17(12-18)13-6-2-1-3-7-13/h1-11H,12H2. The number of hydrogen-bond acceptors (Lipinski definition) is 2. The highest BCUT2D eigenvalue weighted by atomic mass is 79.9. The van der Waals surface area contributed by atoms with E-state index in [0.29, 0.717) is 0 Å². The zero-order valence-corrected chi connectivity index (χ0v) is 11.4. The van der Waals surface area contributed by atoms with Gasteiger partial charge in [-0.25, -0.2) is 0 Å². The summed E-state index contributed by atoms with van der Waals surface area (Å²) in [4.78, 5) is 4.44. The first kappa shape index (κ1) is 11.4. The van der Waals surface area contributed by atoms with Gasteiger partial charge >= 0.3 is 0 Å². The number of anilines is 2. The first-order valence-electron chi connectivity index (χ1n) is 5.86. The molecule has 0 radical (unpaired) electrons. The molecule has 3 heteroatoms. The lowest BCUT2D eigenvalue weighted by atomic mass is 10.3. The van der Waals surface area contributed by atoms with Crippen LogP contribution in [0.5, 0.6) is 0 Å². The number of para-hydroxylation sites is 2. The molecule has 18 heavy (non-hydrogen) atoms. The molecule has 0 atom stereocenters. The molecule has 2 aromatic carbocycles. The van der Waals surface area contributed by atoms with Crippen molar-refractivity contribution in [3.63, 3.8) is 0 Å². The molecule has 0 fully saturated rings. The van der Waals surface area contributed by atoms with E-state index < -0.39 is 0 Å². The van der Waals surface area contributed by atoms with E-state index in [1.54, 1.807) is 0 Å². The highest BCUT2D eigenvalue weighted by Gasteiger charge is 2.16. The molecular formula is C15H13BrN2. The fourth-order valence-corrected chi connectivity index (χ4v) is 2.56. The molecular weight excluding hydrogens is 288 g/mol. The van der Waals surface area contributed by atoms with Gasteiger partial charge in [0.15, 0.2) is 0 Å². The molecule has 0 saturated heterocycles. The van der Waals surface area contributed by atoms with Crippen LogP contribution in [0.2, 0.25) is 0 Å². The van der Waals surface area contributed by atoms with E-state index in [4.69, 9.17) is 0 Å². The van der Waals surface area contributed by atoms with E-state index in [0.717, 1.165) is 11.1 Å². The third-order valence-corrected chi connectivity index (χ3v) is 3.65. The average molecular weight is 301 g/mol. The van der Waals surface area contributed by atoms with Crippen molar-refractivity contribution in [1.29, 1.82) is 0 Å². The van der Waals surface area contributed by atoms with Gasteiger partial charge in [-0.1, -0.05) is 30.3 Å². The van der Waals surface area contributed by atoms with Crippen LogP contribution < -0.4 is 9.80 Å². The zero-order chi connectivity index (χ0) is 12.4. The van der Waals surface area contributed by atoms with Gasteiger partial charge in [0.2, 0.25) is 0 Å². The number of benzene rings is 2. The summed E-state index contributed by atoms with van der Waals surface area (Å²) in [6.45, 7) is 0.840. The molecule has 2 aromatic rings. The van der Waals surface area contributed by atoms with E-state index >= 15 is 0 Å². The van der Waals surface area contributed by atoms with Gasteiger partial charge in [0.1, 0.15) is 0 Å². The minimum Gasteiger partial charge on any atom is -0.328 e. The Hall–Kier alpha value is -1.74. The fraction of sp³-hybridized carbons (Fsp3) is 0.0667. The van der Waals surface area contributed by atoms with Crippen LogP contribution in [0, 0.1) is 0 Å². The summed E-state index contributed by atoms with van der Waals surface area (Å²) in [6.07, 6.45) is 4.21. The van der Waals surface area contributed by atoms with Crippen LogP contribution >= 0.6 is 15.9 Å². The van der Waals surface area contributed by atoms with Crippen LogP contribution in [0.3, 0.4) is 0 Å². The van der Waals surface area contributed by atoms with E-state index in [9.17, 15) is 0 Å². The smallest absolute Gasteiger partial charge is 0.0989 e. The minimum absolute atomic E-state index is 0.840. The minimum atomic E-state index is 0.840. The Bertz CT molecular complexity index is 566. The predicted octanol–water partition coefficient (Wildman–Crippen LogP) is 4.20. The number of rotatable bonds is 2. The molecule has 3 rings (SSSR count). The fourth-order valence-electron chi connectivity index (χ4n) is 2.05. The molecule has 0 bridgehead atoms. The molecule has 1 heterocycles. The van der Waals surface area contributed by atoms with Crippen LogP contribution in [0.1, 0.15) is 0 Å². The van der Waals surface area contributed by atoms with E-state index in [1.165, 1.54) is 11.4 Å². The lowest BCUT2D eigenvalue weighted by Crippen LogP contribution is -2.24. The van der Waals surface area contributed by atoms with Gasteiger partial charge in [-0.05, 0) is 40.2 Å². The van der Waals surface area contributed by atoms with Crippen LogP contribution in [-0.4, -0.2) is 6.67 Å². The van der Waals surface area contributed by atoms with Crippen LogP contribution in [0.25, 0.3) is 0 Å². The molecule has 0 saturated carbocycles.